The Kier molecular flexibility index (Phi) is 6.87. The van der Waals surface area contributed by atoms with Gasteiger partial charge in [0, 0.05) is 24.8 Å². The number of hydrogen-bond acceptors (Lipinski definition) is 4. The minimum absolute atomic E-state index is 0.0592. The molecular weight excluding hydrogens is 373 g/mol. The number of halogens is 1. The van der Waals surface area contributed by atoms with Crippen LogP contribution < -0.4 is 10.1 Å². The summed E-state index contributed by atoms with van der Waals surface area (Å²) in [5, 5.41) is 12.2. The van der Waals surface area contributed by atoms with Crippen molar-refractivity contribution in [2.75, 3.05) is 26.9 Å². The van der Waals surface area contributed by atoms with Crippen molar-refractivity contribution in [1.82, 2.24) is 5.32 Å². The maximum atomic E-state index is 13.8. The van der Waals surface area contributed by atoms with Gasteiger partial charge in [0.15, 0.2) is 0 Å². The number of amides is 1. The Morgan fingerprint density at radius 1 is 1.28 bits per heavy atom. The van der Waals surface area contributed by atoms with E-state index in [0.29, 0.717) is 43.8 Å². The van der Waals surface area contributed by atoms with Gasteiger partial charge in [-0.3, -0.25) is 4.79 Å². The summed E-state index contributed by atoms with van der Waals surface area (Å²) in [6.45, 7) is 2.73. The fourth-order valence-corrected chi connectivity index (χ4v) is 3.81. The SMILES string of the molecule is COc1ccc(F)cc1-c1cccc(CC2(C(=O)N[C@H](C)CO)CCOCC2)c1. The number of hydrogen-bond donors (Lipinski definition) is 2. The molecule has 1 aliphatic rings. The van der Waals surface area contributed by atoms with Gasteiger partial charge in [0.2, 0.25) is 5.91 Å². The maximum Gasteiger partial charge on any atom is 0.227 e. The molecule has 2 aromatic rings. The first kappa shape index (κ1) is 21.3. The number of methoxy groups -OCH3 is 1. The van der Waals surface area contributed by atoms with Crippen LogP contribution in [0.1, 0.15) is 25.3 Å². The molecule has 0 aromatic heterocycles. The van der Waals surface area contributed by atoms with E-state index in [1.807, 2.05) is 24.3 Å². The number of aliphatic hydroxyl groups excluding tert-OH is 1. The monoisotopic (exact) mass is 401 g/mol. The molecule has 156 valence electrons. The van der Waals surface area contributed by atoms with E-state index in [9.17, 15) is 14.3 Å². The van der Waals surface area contributed by atoms with Gasteiger partial charge in [0.1, 0.15) is 11.6 Å². The standard InChI is InChI=1S/C23H28FNO4/c1-16(15-26)25-22(27)23(8-10-29-11-9-23)14-17-4-3-5-18(12-17)20-13-19(24)6-7-21(20)28-2/h3-7,12-13,16,26H,8-11,14-15H2,1-2H3,(H,25,27)/t16-/m1/s1. The van der Waals surface area contributed by atoms with Crippen LogP contribution in [-0.2, 0) is 16.0 Å². The molecule has 5 nitrogen and oxygen atoms in total. The van der Waals surface area contributed by atoms with Crippen molar-refractivity contribution >= 4 is 5.91 Å². The van der Waals surface area contributed by atoms with Crippen LogP contribution in [0.3, 0.4) is 0 Å². The molecular formula is C23H28FNO4. The Labute approximate surface area is 170 Å². The van der Waals surface area contributed by atoms with Crippen LogP contribution in [0.5, 0.6) is 5.75 Å². The van der Waals surface area contributed by atoms with Crippen molar-refractivity contribution in [2.45, 2.75) is 32.2 Å². The Balaban J connectivity index is 1.91. The van der Waals surface area contributed by atoms with Crippen LogP contribution in [-0.4, -0.2) is 44.0 Å². The Hall–Kier alpha value is -2.44. The fraction of sp³-hybridized carbons (Fsp3) is 0.435. The molecule has 0 saturated carbocycles. The number of benzene rings is 2. The van der Waals surface area contributed by atoms with E-state index in [1.54, 1.807) is 20.1 Å². The van der Waals surface area contributed by atoms with Crippen molar-refractivity contribution in [2.24, 2.45) is 5.41 Å². The zero-order valence-electron chi connectivity index (χ0n) is 16.9. The maximum absolute atomic E-state index is 13.8. The molecule has 6 heteroatoms. The van der Waals surface area contributed by atoms with Crippen LogP contribution in [0.2, 0.25) is 0 Å². The van der Waals surface area contributed by atoms with E-state index in [1.165, 1.54) is 12.1 Å². The van der Waals surface area contributed by atoms with Gasteiger partial charge in [0.25, 0.3) is 0 Å². The summed E-state index contributed by atoms with van der Waals surface area (Å²) in [7, 11) is 1.56. The van der Waals surface area contributed by atoms with Crippen molar-refractivity contribution in [3.63, 3.8) is 0 Å². The summed E-state index contributed by atoms with van der Waals surface area (Å²) >= 11 is 0. The summed E-state index contributed by atoms with van der Waals surface area (Å²) in [4.78, 5) is 13.0. The van der Waals surface area contributed by atoms with E-state index in [0.717, 1.165) is 11.1 Å². The normalized spacial score (nSPS) is 16.8. The molecule has 2 N–H and O–H groups in total. The van der Waals surface area contributed by atoms with Crippen LogP contribution in [0.4, 0.5) is 4.39 Å². The third kappa shape index (κ3) is 4.95. The molecule has 0 bridgehead atoms. The lowest BCUT2D eigenvalue weighted by molar-refractivity contribution is -0.137. The first-order chi connectivity index (χ1) is 14.0. The quantitative estimate of drug-likeness (QED) is 0.747. The van der Waals surface area contributed by atoms with E-state index >= 15 is 0 Å². The van der Waals surface area contributed by atoms with Gasteiger partial charge >= 0.3 is 0 Å². The highest BCUT2D eigenvalue weighted by atomic mass is 19.1. The van der Waals surface area contributed by atoms with Crippen molar-refractivity contribution in [3.8, 4) is 16.9 Å². The summed E-state index contributed by atoms with van der Waals surface area (Å²) in [5.41, 5.74) is 1.91. The predicted molar refractivity (Wildman–Crippen MR) is 109 cm³/mol. The number of rotatable bonds is 7. The predicted octanol–water partition coefficient (Wildman–Crippen LogP) is 3.34. The van der Waals surface area contributed by atoms with Crippen molar-refractivity contribution in [1.29, 1.82) is 0 Å². The van der Waals surface area contributed by atoms with Gasteiger partial charge in [-0.25, -0.2) is 4.39 Å². The largest absolute Gasteiger partial charge is 0.496 e. The van der Waals surface area contributed by atoms with Crippen molar-refractivity contribution in [3.05, 3.63) is 53.8 Å². The minimum Gasteiger partial charge on any atom is -0.496 e. The van der Waals surface area contributed by atoms with Crippen molar-refractivity contribution < 1.29 is 23.8 Å². The highest BCUT2D eigenvalue weighted by Gasteiger charge is 2.40. The molecule has 1 fully saturated rings. The molecule has 29 heavy (non-hydrogen) atoms. The average Bonchev–Trinajstić information content (AvgIpc) is 2.74. The molecule has 1 saturated heterocycles. The lowest BCUT2D eigenvalue weighted by Gasteiger charge is -2.36. The lowest BCUT2D eigenvalue weighted by atomic mass is 9.74. The number of carbonyl (C=O) groups is 1. The van der Waals surface area contributed by atoms with Crippen LogP contribution in [0, 0.1) is 11.2 Å². The van der Waals surface area contributed by atoms with Gasteiger partial charge in [-0.05, 0) is 55.5 Å². The second-order valence-electron chi connectivity index (χ2n) is 7.67. The molecule has 3 rings (SSSR count). The van der Waals surface area contributed by atoms with Gasteiger partial charge in [-0.1, -0.05) is 24.3 Å². The molecule has 1 amide bonds. The molecule has 1 aliphatic heterocycles. The molecule has 0 aliphatic carbocycles. The van der Waals surface area contributed by atoms with E-state index in [2.05, 4.69) is 5.32 Å². The Bertz CT molecular complexity index is 849. The highest BCUT2D eigenvalue weighted by molar-refractivity contribution is 5.83. The highest BCUT2D eigenvalue weighted by Crippen LogP contribution is 2.37. The molecule has 0 spiro atoms. The molecule has 0 unspecified atom stereocenters. The summed E-state index contributed by atoms with van der Waals surface area (Å²) in [5.74, 6) is 0.208. The lowest BCUT2D eigenvalue weighted by Crippen LogP contribution is -2.49. The second kappa shape index (κ2) is 9.37. The van der Waals surface area contributed by atoms with Gasteiger partial charge in [-0.2, -0.15) is 0 Å². The van der Waals surface area contributed by atoms with Crippen LogP contribution >= 0.6 is 0 Å². The molecule has 2 aromatic carbocycles. The number of carbonyl (C=O) groups excluding carboxylic acids is 1. The summed E-state index contributed by atoms with van der Waals surface area (Å²) in [6.07, 6.45) is 1.78. The minimum atomic E-state index is -0.591. The van der Waals surface area contributed by atoms with E-state index in [-0.39, 0.29) is 24.4 Å². The Morgan fingerprint density at radius 3 is 2.72 bits per heavy atom. The zero-order chi connectivity index (χ0) is 20.9. The van der Waals surface area contributed by atoms with Gasteiger partial charge < -0.3 is 19.9 Å². The third-order valence-electron chi connectivity index (χ3n) is 5.52. The van der Waals surface area contributed by atoms with Gasteiger partial charge in [-0.15, -0.1) is 0 Å². The van der Waals surface area contributed by atoms with E-state index in [4.69, 9.17) is 9.47 Å². The third-order valence-corrected chi connectivity index (χ3v) is 5.52. The van der Waals surface area contributed by atoms with Gasteiger partial charge in [0.05, 0.1) is 19.1 Å². The smallest absolute Gasteiger partial charge is 0.227 e. The molecule has 0 radical (unpaired) electrons. The van der Waals surface area contributed by atoms with Crippen LogP contribution in [0.25, 0.3) is 11.1 Å². The first-order valence-corrected chi connectivity index (χ1v) is 9.90. The number of nitrogens with one attached hydrogen (secondary N) is 1. The first-order valence-electron chi connectivity index (χ1n) is 9.90. The molecule has 1 atom stereocenters. The average molecular weight is 401 g/mol. The second-order valence-corrected chi connectivity index (χ2v) is 7.67. The molecule has 1 heterocycles. The number of aliphatic hydroxyl groups is 1. The number of ether oxygens (including phenoxy) is 2. The van der Waals surface area contributed by atoms with Crippen LogP contribution in [0.15, 0.2) is 42.5 Å². The topological polar surface area (TPSA) is 67.8 Å². The summed E-state index contributed by atoms with van der Waals surface area (Å²) < 4.78 is 24.7. The summed E-state index contributed by atoms with van der Waals surface area (Å²) in [6, 6.07) is 11.9. The fourth-order valence-electron chi connectivity index (χ4n) is 3.81. The van der Waals surface area contributed by atoms with E-state index < -0.39 is 5.41 Å². The Morgan fingerprint density at radius 2 is 2.03 bits per heavy atom. The zero-order valence-corrected chi connectivity index (χ0v) is 16.9.